The number of hydrogen-bond donors (Lipinski definition) is 1. The molecule has 0 saturated heterocycles. The first kappa shape index (κ1) is 15.4. The minimum absolute atomic E-state index is 0.253. The monoisotopic (exact) mass is 356 g/mol. The molecule has 1 N–H and O–H groups in total. The predicted molar refractivity (Wildman–Crippen MR) is 78.1 cm³/mol. The standard InChI is InChI=1S/C13H14BrFN4O2/c1-8-16-11(6-7-18(2)13(20)21)19(17-8)10-5-3-4-9(14)12(10)15/h3-5H,6-7H2,1-2H3,(H,20,21). The molecule has 0 saturated carbocycles. The van der Waals surface area contributed by atoms with Crippen LogP contribution in [-0.2, 0) is 6.42 Å². The van der Waals surface area contributed by atoms with E-state index in [1.807, 2.05) is 0 Å². The lowest BCUT2D eigenvalue weighted by Crippen LogP contribution is -2.27. The van der Waals surface area contributed by atoms with Crippen molar-refractivity contribution in [2.24, 2.45) is 0 Å². The molecule has 0 radical (unpaired) electrons. The van der Waals surface area contributed by atoms with Crippen LogP contribution in [0.3, 0.4) is 0 Å². The van der Waals surface area contributed by atoms with Gasteiger partial charge in [0.25, 0.3) is 0 Å². The Morgan fingerprint density at radius 3 is 2.90 bits per heavy atom. The van der Waals surface area contributed by atoms with E-state index in [0.717, 1.165) is 4.90 Å². The number of hydrogen-bond acceptors (Lipinski definition) is 3. The van der Waals surface area contributed by atoms with Crippen molar-refractivity contribution >= 4 is 22.0 Å². The first-order valence-electron chi connectivity index (χ1n) is 6.21. The van der Waals surface area contributed by atoms with Gasteiger partial charge in [-0.25, -0.2) is 18.9 Å². The summed E-state index contributed by atoms with van der Waals surface area (Å²) in [5.74, 6) is 0.579. The number of halogens is 2. The summed E-state index contributed by atoms with van der Waals surface area (Å²) < 4.78 is 15.9. The van der Waals surface area contributed by atoms with Crippen LogP contribution in [-0.4, -0.2) is 44.5 Å². The van der Waals surface area contributed by atoms with Gasteiger partial charge in [-0.2, -0.15) is 5.10 Å². The van der Waals surface area contributed by atoms with Crippen LogP contribution in [0.5, 0.6) is 0 Å². The van der Waals surface area contributed by atoms with Gasteiger partial charge >= 0.3 is 6.09 Å². The normalized spacial score (nSPS) is 10.7. The highest BCUT2D eigenvalue weighted by molar-refractivity contribution is 9.10. The number of carbonyl (C=O) groups is 1. The Bertz CT molecular complexity index is 674. The van der Waals surface area contributed by atoms with Crippen LogP contribution < -0.4 is 0 Å². The topological polar surface area (TPSA) is 71.2 Å². The van der Waals surface area contributed by atoms with E-state index in [-0.39, 0.29) is 12.2 Å². The van der Waals surface area contributed by atoms with Gasteiger partial charge < -0.3 is 10.0 Å². The minimum atomic E-state index is -1.02. The van der Waals surface area contributed by atoms with Crippen LogP contribution in [0.1, 0.15) is 11.6 Å². The van der Waals surface area contributed by atoms with Crippen LogP contribution in [0.15, 0.2) is 22.7 Å². The zero-order valence-corrected chi connectivity index (χ0v) is 13.1. The van der Waals surface area contributed by atoms with Gasteiger partial charge in [0.05, 0.1) is 4.47 Å². The summed E-state index contributed by atoms with van der Waals surface area (Å²) >= 11 is 3.13. The number of nitrogens with zero attached hydrogens (tertiary/aromatic N) is 4. The zero-order valence-electron chi connectivity index (χ0n) is 11.5. The number of amides is 1. The third-order valence-electron chi connectivity index (χ3n) is 2.94. The Morgan fingerprint density at radius 2 is 2.24 bits per heavy atom. The largest absolute Gasteiger partial charge is 0.465 e. The van der Waals surface area contributed by atoms with Gasteiger partial charge in [-0.1, -0.05) is 6.07 Å². The number of aryl methyl sites for hydroxylation is 1. The molecule has 8 heteroatoms. The minimum Gasteiger partial charge on any atom is -0.465 e. The van der Waals surface area contributed by atoms with E-state index in [1.54, 1.807) is 25.1 Å². The molecule has 0 spiro atoms. The Kier molecular flexibility index (Phi) is 4.56. The lowest BCUT2D eigenvalue weighted by molar-refractivity contribution is 0.156. The highest BCUT2D eigenvalue weighted by Gasteiger charge is 2.16. The zero-order chi connectivity index (χ0) is 15.6. The number of benzene rings is 1. The second-order valence-corrected chi connectivity index (χ2v) is 5.37. The fraction of sp³-hybridized carbons (Fsp3) is 0.308. The van der Waals surface area contributed by atoms with E-state index >= 15 is 0 Å². The average Bonchev–Trinajstić information content (AvgIpc) is 2.80. The van der Waals surface area contributed by atoms with Crippen molar-refractivity contribution < 1.29 is 14.3 Å². The quantitative estimate of drug-likeness (QED) is 0.913. The van der Waals surface area contributed by atoms with Crippen molar-refractivity contribution in [3.63, 3.8) is 0 Å². The lowest BCUT2D eigenvalue weighted by atomic mass is 10.3. The van der Waals surface area contributed by atoms with Gasteiger partial charge in [0.1, 0.15) is 17.3 Å². The summed E-state index contributed by atoms with van der Waals surface area (Å²) in [6.45, 7) is 1.96. The Labute approximate surface area is 129 Å². The first-order chi connectivity index (χ1) is 9.90. The van der Waals surface area contributed by atoms with E-state index in [4.69, 9.17) is 5.11 Å². The highest BCUT2D eigenvalue weighted by Crippen LogP contribution is 2.22. The summed E-state index contributed by atoms with van der Waals surface area (Å²) in [5, 5.41) is 13.0. The van der Waals surface area contributed by atoms with Crippen molar-refractivity contribution in [3.05, 3.63) is 40.1 Å². The van der Waals surface area contributed by atoms with Gasteiger partial charge in [-0.3, -0.25) is 0 Å². The van der Waals surface area contributed by atoms with Gasteiger partial charge in [0, 0.05) is 20.0 Å². The molecular formula is C13H14BrFN4O2. The maximum absolute atomic E-state index is 14.2. The van der Waals surface area contributed by atoms with Crippen molar-refractivity contribution in [2.45, 2.75) is 13.3 Å². The number of aromatic nitrogens is 3. The molecule has 0 aliphatic heterocycles. The lowest BCUT2D eigenvalue weighted by Gasteiger charge is -2.13. The number of likely N-dealkylation sites (N-methyl/N-ethyl adjacent to an activating group) is 1. The van der Waals surface area contributed by atoms with Crippen LogP contribution >= 0.6 is 15.9 Å². The summed E-state index contributed by atoms with van der Waals surface area (Å²) in [7, 11) is 1.47. The molecular weight excluding hydrogens is 343 g/mol. The van der Waals surface area contributed by atoms with E-state index < -0.39 is 11.9 Å². The predicted octanol–water partition coefficient (Wildman–Crippen LogP) is 2.63. The summed E-state index contributed by atoms with van der Waals surface area (Å²) in [4.78, 5) is 16.2. The molecule has 0 atom stereocenters. The first-order valence-corrected chi connectivity index (χ1v) is 7.00. The third kappa shape index (κ3) is 3.38. The molecule has 1 amide bonds. The Hall–Kier alpha value is -1.96. The molecule has 112 valence electrons. The van der Waals surface area contributed by atoms with Crippen molar-refractivity contribution in [2.75, 3.05) is 13.6 Å². The smallest absolute Gasteiger partial charge is 0.407 e. The van der Waals surface area contributed by atoms with E-state index in [1.165, 1.54) is 11.7 Å². The maximum Gasteiger partial charge on any atom is 0.407 e. The fourth-order valence-electron chi connectivity index (χ4n) is 1.83. The third-order valence-corrected chi connectivity index (χ3v) is 3.55. The fourth-order valence-corrected chi connectivity index (χ4v) is 2.19. The molecule has 0 aliphatic rings. The Morgan fingerprint density at radius 1 is 1.52 bits per heavy atom. The van der Waals surface area contributed by atoms with Crippen molar-refractivity contribution in [1.29, 1.82) is 0 Å². The van der Waals surface area contributed by atoms with Crippen LogP contribution in [0.25, 0.3) is 5.69 Å². The number of rotatable bonds is 4. The van der Waals surface area contributed by atoms with Crippen LogP contribution in [0.4, 0.5) is 9.18 Å². The van der Waals surface area contributed by atoms with Crippen LogP contribution in [0, 0.1) is 12.7 Å². The van der Waals surface area contributed by atoms with Gasteiger partial charge in [-0.15, -0.1) is 0 Å². The molecule has 2 aromatic rings. The average molecular weight is 357 g/mol. The van der Waals surface area contributed by atoms with E-state index in [9.17, 15) is 9.18 Å². The maximum atomic E-state index is 14.2. The molecule has 0 fully saturated rings. The molecule has 0 bridgehead atoms. The van der Waals surface area contributed by atoms with Crippen LogP contribution in [0.2, 0.25) is 0 Å². The van der Waals surface area contributed by atoms with Gasteiger partial charge in [0.15, 0.2) is 5.82 Å². The van der Waals surface area contributed by atoms with E-state index in [0.29, 0.717) is 22.5 Å². The molecule has 1 aromatic carbocycles. The second-order valence-electron chi connectivity index (χ2n) is 4.51. The highest BCUT2D eigenvalue weighted by atomic mass is 79.9. The molecule has 0 unspecified atom stereocenters. The Balaban J connectivity index is 2.33. The SMILES string of the molecule is Cc1nc(CCN(C)C(=O)O)n(-c2cccc(Br)c2F)n1. The molecule has 2 rings (SSSR count). The molecule has 21 heavy (non-hydrogen) atoms. The summed E-state index contributed by atoms with van der Waals surface area (Å²) in [5.41, 5.74) is 0.276. The molecule has 1 heterocycles. The summed E-state index contributed by atoms with van der Waals surface area (Å²) in [6, 6.07) is 4.89. The van der Waals surface area contributed by atoms with E-state index in [2.05, 4.69) is 26.0 Å². The summed E-state index contributed by atoms with van der Waals surface area (Å²) in [6.07, 6.45) is -0.679. The molecule has 1 aromatic heterocycles. The van der Waals surface area contributed by atoms with Gasteiger partial charge in [-0.05, 0) is 35.0 Å². The molecule has 6 nitrogen and oxygen atoms in total. The van der Waals surface area contributed by atoms with Crippen molar-refractivity contribution in [3.8, 4) is 5.69 Å². The van der Waals surface area contributed by atoms with Crippen molar-refractivity contribution in [1.82, 2.24) is 19.7 Å². The molecule has 0 aliphatic carbocycles. The second kappa shape index (κ2) is 6.21. The van der Waals surface area contributed by atoms with Gasteiger partial charge in [0.2, 0.25) is 0 Å². The number of carboxylic acid groups (broad SMARTS) is 1.